The van der Waals surface area contributed by atoms with E-state index in [4.69, 9.17) is 6.42 Å². The van der Waals surface area contributed by atoms with Gasteiger partial charge in [-0.15, -0.1) is 6.42 Å². The average molecular weight is 263 g/mol. The van der Waals surface area contributed by atoms with Crippen molar-refractivity contribution in [3.8, 4) is 12.3 Å². The molecule has 0 saturated carbocycles. The highest BCUT2D eigenvalue weighted by Gasteiger charge is 2.46. The molecule has 106 valence electrons. The van der Waals surface area contributed by atoms with Crippen molar-refractivity contribution in [1.29, 1.82) is 0 Å². The molecule has 19 heavy (non-hydrogen) atoms. The second-order valence-corrected chi connectivity index (χ2v) is 6.01. The van der Waals surface area contributed by atoms with E-state index in [1.54, 1.807) is 0 Å². The van der Waals surface area contributed by atoms with Gasteiger partial charge in [-0.3, -0.25) is 9.69 Å². The molecule has 0 aromatic heterocycles. The quantitative estimate of drug-likeness (QED) is 0.749. The van der Waals surface area contributed by atoms with Gasteiger partial charge < -0.3 is 10.2 Å². The van der Waals surface area contributed by atoms with Gasteiger partial charge in [0.1, 0.15) is 0 Å². The monoisotopic (exact) mass is 263 g/mol. The first kappa shape index (κ1) is 14.4. The summed E-state index contributed by atoms with van der Waals surface area (Å²) in [7, 11) is 0. The number of hydrogen-bond acceptors (Lipinski definition) is 3. The number of nitrogens with zero attached hydrogens (tertiary/aromatic N) is 2. The van der Waals surface area contributed by atoms with Gasteiger partial charge in [-0.1, -0.05) is 19.8 Å². The minimum absolute atomic E-state index is 0.186. The Morgan fingerprint density at radius 3 is 2.53 bits per heavy atom. The second-order valence-electron chi connectivity index (χ2n) is 6.01. The lowest BCUT2D eigenvalue weighted by Gasteiger charge is -2.40. The minimum atomic E-state index is -0.186. The summed E-state index contributed by atoms with van der Waals surface area (Å²) in [5, 5.41) is 3.36. The fourth-order valence-corrected chi connectivity index (χ4v) is 3.19. The molecule has 0 radical (unpaired) electrons. The van der Waals surface area contributed by atoms with E-state index in [1.807, 2.05) is 4.90 Å². The first-order valence-electron chi connectivity index (χ1n) is 7.26. The third kappa shape index (κ3) is 2.77. The van der Waals surface area contributed by atoms with Crippen LogP contribution in [0.5, 0.6) is 0 Å². The summed E-state index contributed by atoms with van der Waals surface area (Å²) in [6.07, 6.45) is 6.30. The topological polar surface area (TPSA) is 35.6 Å². The van der Waals surface area contributed by atoms with Crippen molar-refractivity contribution in [3.05, 3.63) is 0 Å². The number of carbonyl (C=O) groups excluding carboxylic acids is 1. The summed E-state index contributed by atoms with van der Waals surface area (Å²) in [4.78, 5) is 17.1. The van der Waals surface area contributed by atoms with Crippen LogP contribution in [0, 0.1) is 23.7 Å². The van der Waals surface area contributed by atoms with Gasteiger partial charge in [0.2, 0.25) is 5.91 Å². The van der Waals surface area contributed by atoms with Crippen LogP contribution in [0.1, 0.15) is 20.3 Å². The number of piperazine rings is 1. The lowest BCUT2D eigenvalue weighted by Crippen LogP contribution is -2.55. The number of rotatable bonds is 3. The highest BCUT2D eigenvalue weighted by molar-refractivity contribution is 5.84. The van der Waals surface area contributed by atoms with E-state index in [9.17, 15) is 4.79 Å². The van der Waals surface area contributed by atoms with Gasteiger partial charge in [-0.25, -0.2) is 0 Å². The van der Waals surface area contributed by atoms with E-state index in [-0.39, 0.29) is 5.41 Å². The molecule has 0 bridgehead atoms. The van der Waals surface area contributed by atoms with Crippen molar-refractivity contribution in [2.24, 2.45) is 11.3 Å². The van der Waals surface area contributed by atoms with Gasteiger partial charge in [0.25, 0.3) is 0 Å². The minimum Gasteiger partial charge on any atom is -0.340 e. The molecular formula is C15H25N3O. The Morgan fingerprint density at radius 1 is 1.37 bits per heavy atom. The first-order valence-corrected chi connectivity index (χ1v) is 7.26. The Bertz CT molecular complexity index is 358. The normalized spacial score (nSPS) is 28.6. The molecule has 2 aliphatic rings. The third-order valence-corrected chi connectivity index (χ3v) is 4.69. The molecule has 0 aromatic carbocycles. The molecule has 2 aliphatic heterocycles. The summed E-state index contributed by atoms with van der Waals surface area (Å²) in [6, 6.07) is 0. The maximum Gasteiger partial charge on any atom is 0.230 e. The van der Waals surface area contributed by atoms with Crippen molar-refractivity contribution in [2.75, 3.05) is 45.8 Å². The van der Waals surface area contributed by atoms with Crippen LogP contribution < -0.4 is 5.32 Å². The molecular weight excluding hydrogens is 238 g/mol. The summed E-state index contributed by atoms with van der Waals surface area (Å²) >= 11 is 0. The van der Waals surface area contributed by atoms with Gasteiger partial charge in [-0.2, -0.15) is 0 Å². The molecule has 0 aliphatic carbocycles. The molecule has 1 amide bonds. The smallest absolute Gasteiger partial charge is 0.230 e. The Balaban J connectivity index is 1.99. The standard InChI is InChI=1S/C15H25N3O/c1-4-7-17-8-10-18(11-9-17)14(19)15(13(2)3)5-6-16-12-15/h1,13,16H,5-12H2,2-3H3. The number of terminal acetylenes is 1. The predicted octanol–water partition coefficient (Wildman–Crippen LogP) is 0.400. The van der Waals surface area contributed by atoms with Crippen molar-refractivity contribution in [1.82, 2.24) is 15.1 Å². The summed E-state index contributed by atoms with van der Waals surface area (Å²) in [5.74, 6) is 3.40. The maximum absolute atomic E-state index is 12.9. The molecule has 1 N–H and O–H groups in total. The zero-order valence-electron chi connectivity index (χ0n) is 12.1. The number of amides is 1. The van der Waals surface area contributed by atoms with Gasteiger partial charge >= 0.3 is 0 Å². The van der Waals surface area contributed by atoms with Crippen LogP contribution in [0.2, 0.25) is 0 Å². The number of nitrogens with one attached hydrogen (secondary N) is 1. The van der Waals surface area contributed by atoms with E-state index in [0.29, 0.717) is 18.4 Å². The highest BCUT2D eigenvalue weighted by atomic mass is 16.2. The second kappa shape index (κ2) is 5.94. The SMILES string of the molecule is C#CCN1CCN(C(=O)C2(C(C)C)CCNC2)CC1. The van der Waals surface area contributed by atoms with Crippen molar-refractivity contribution in [3.63, 3.8) is 0 Å². The van der Waals surface area contributed by atoms with E-state index >= 15 is 0 Å². The molecule has 4 nitrogen and oxygen atoms in total. The molecule has 0 aromatic rings. The summed E-state index contributed by atoms with van der Waals surface area (Å²) in [6.45, 7) is 10.2. The fraction of sp³-hybridized carbons (Fsp3) is 0.800. The predicted molar refractivity (Wildman–Crippen MR) is 76.6 cm³/mol. The zero-order chi connectivity index (χ0) is 13.9. The summed E-state index contributed by atoms with van der Waals surface area (Å²) in [5.41, 5.74) is -0.186. The van der Waals surface area contributed by atoms with E-state index in [1.165, 1.54) is 0 Å². The number of hydrogen-bond donors (Lipinski definition) is 1. The summed E-state index contributed by atoms with van der Waals surface area (Å²) < 4.78 is 0. The lowest BCUT2D eigenvalue weighted by molar-refractivity contribution is -0.145. The van der Waals surface area contributed by atoms with Crippen LogP contribution in [-0.4, -0.2) is 61.5 Å². The molecule has 0 spiro atoms. The van der Waals surface area contributed by atoms with Crippen LogP contribution in [0.25, 0.3) is 0 Å². The van der Waals surface area contributed by atoms with Gasteiger partial charge in [0.05, 0.1) is 12.0 Å². The molecule has 4 heteroatoms. The molecule has 2 rings (SSSR count). The molecule has 1 unspecified atom stereocenters. The lowest BCUT2D eigenvalue weighted by atomic mass is 9.75. The van der Waals surface area contributed by atoms with Crippen molar-refractivity contribution >= 4 is 5.91 Å². The van der Waals surface area contributed by atoms with Gasteiger partial charge in [0, 0.05) is 32.7 Å². The van der Waals surface area contributed by atoms with E-state index < -0.39 is 0 Å². The van der Waals surface area contributed by atoms with Crippen molar-refractivity contribution < 1.29 is 4.79 Å². The molecule has 2 fully saturated rings. The van der Waals surface area contributed by atoms with Crippen LogP contribution in [0.4, 0.5) is 0 Å². The zero-order valence-corrected chi connectivity index (χ0v) is 12.1. The number of carbonyl (C=O) groups is 1. The first-order chi connectivity index (χ1) is 9.10. The largest absolute Gasteiger partial charge is 0.340 e. The Hall–Kier alpha value is -1.05. The highest BCUT2D eigenvalue weighted by Crippen LogP contribution is 2.36. The van der Waals surface area contributed by atoms with E-state index in [2.05, 4.69) is 30.0 Å². The maximum atomic E-state index is 12.9. The average Bonchev–Trinajstić information content (AvgIpc) is 2.90. The van der Waals surface area contributed by atoms with Crippen LogP contribution in [0.3, 0.4) is 0 Å². The van der Waals surface area contributed by atoms with E-state index in [0.717, 1.165) is 45.7 Å². The third-order valence-electron chi connectivity index (χ3n) is 4.69. The Kier molecular flexibility index (Phi) is 4.49. The fourth-order valence-electron chi connectivity index (χ4n) is 3.19. The Morgan fingerprint density at radius 2 is 2.05 bits per heavy atom. The van der Waals surface area contributed by atoms with Crippen LogP contribution in [0.15, 0.2) is 0 Å². The molecule has 2 saturated heterocycles. The van der Waals surface area contributed by atoms with Crippen molar-refractivity contribution in [2.45, 2.75) is 20.3 Å². The van der Waals surface area contributed by atoms with Gasteiger partial charge in [-0.05, 0) is 18.9 Å². The van der Waals surface area contributed by atoms with Crippen LogP contribution >= 0.6 is 0 Å². The van der Waals surface area contributed by atoms with Crippen LogP contribution in [-0.2, 0) is 4.79 Å². The van der Waals surface area contributed by atoms with Gasteiger partial charge in [0.15, 0.2) is 0 Å². The Labute approximate surface area is 116 Å². The molecule has 2 heterocycles. The molecule has 1 atom stereocenters.